The number of anilines is 1. The van der Waals surface area contributed by atoms with Crippen molar-refractivity contribution in [3.8, 4) is 11.5 Å². The van der Waals surface area contributed by atoms with Crippen molar-refractivity contribution in [3.05, 3.63) is 74.3 Å². The molecule has 0 bridgehead atoms. The lowest BCUT2D eigenvalue weighted by Gasteiger charge is -2.39. The number of hydrogen-bond acceptors (Lipinski definition) is 6. The van der Waals surface area contributed by atoms with Gasteiger partial charge in [-0.05, 0) is 75.4 Å². The van der Waals surface area contributed by atoms with E-state index in [-0.39, 0.29) is 10.5 Å². The Kier molecular flexibility index (Phi) is 6.11. The van der Waals surface area contributed by atoms with Crippen LogP contribution >= 0.6 is 0 Å². The molecule has 224 valence electrons. The van der Waals surface area contributed by atoms with Crippen LogP contribution in [0.4, 0.5) is 5.69 Å². The summed E-state index contributed by atoms with van der Waals surface area (Å²) in [5.74, 6) is 1.51. The minimum atomic E-state index is -4.81. The summed E-state index contributed by atoms with van der Waals surface area (Å²) >= 11 is 0. The Morgan fingerprint density at radius 3 is 2.33 bits per heavy atom. The van der Waals surface area contributed by atoms with Gasteiger partial charge in [0.2, 0.25) is 15.4 Å². The predicted molar refractivity (Wildman–Crippen MR) is 163 cm³/mol. The molecule has 5 aliphatic heterocycles. The van der Waals surface area contributed by atoms with Gasteiger partial charge in [-0.3, -0.25) is 4.55 Å². The molecule has 0 amide bonds. The molecule has 0 unspecified atom stereocenters. The van der Waals surface area contributed by atoms with Crippen LogP contribution in [0.3, 0.4) is 0 Å². The fraction of sp³-hybridized carbons (Fsp3) is 0.406. The molecule has 8 rings (SSSR count). The van der Waals surface area contributed by atoms with E-state index >= 15 is 0 Å². The lowest BCUT2D eigenvalue weighted by atomic mass is 9.82. The van der Waals surface area contributed by atoms with E-state index in [1.165, 1.54) is 41.4 Å². The summed E-state index contributed by atoms with van der Waals surface area (Å²) in [6.07, 6.45) is 7.65. The van der Waals surface area contributed by atoms with Gasteiger partial charge in [-0.25, -0.2) is 17.7 Å². The summed E-state index contributed by atoms with van der Waals surface area (Å²) in [5.41, 5.74) is 7.74. The highest BCUT2D eigenvalue weighted by Crippen LogP contribution is 2.49. The number of benzene rings is 3. The molecule has 2 N–H and O–H groups in total. The van der Waals surface area contributed by atoms with Crippen molar-refractivity contribution in [2.24, 2.45) is 0 Å². The van der Waals surface area contributed by atoms with Crippen molar-refractivity contribution in [2.45, 2.75) is 61.2 Å². The SMILES string of the molecule is CNS(=O)(=O)c1ccc(C2=c3cc4c5c(c3Oc3c2cc2c6c3CCCN6CCC2)CCC[N+]=5CCC4)c(S(=O)(=O)O)c1. The highest BCUT2D eigenvalue weighted by molar-refractivity contribution is 7.89. The Labute approximate surface area is 251 Å². The van der Waals surface area contributed by atoms with Crippen molar-refractivity contribution in [1.29, 1.82) is 0 Å². The standard InChI is InChI=1S/C32H33N3O6S2/c1-33-42(36,37)21-10-11-22(27(18-21)43(38,39)40)28-25-16-19-6-2-12-34-14-4-8-23(29(19)34)31(25)41-32-24-9-5-15-35-13-3-7-20(30(24)35)17-26(28)32/h10-11,16-18,33H,2-9,12-15H2,1H3/p+1. The molecule has 0 aromatic heterocycles. The Morgan fingerprint density at radius 2 is 1.56 bits per heavy atom. The van der Waals surface area contributed by atoms with Crippen LogP contribution in [0.1, 0.15) is 59.1 Å². The Bertz CT molecular complexity index is 2100. The molecule has 9 nitrogen and oxygen atoms in total. The van der Waals surface area contributed by atoms with E-state index in [9.17, 15) is 21.4 Å². The summed E-state index contributed by atoms with van der Waals surface area (Å²) in [7, 11) is -7.50. The highest BCUT2D eigenvalue weighted by atomic mass is 32.2. The van der Waals surface area contributed by atoms with E-state index in [0.29, 0.717) is 5.57 Å². The summed E-state index contributed by atoms with van der Waals surface area (Å²) < 4.78 is 73.6. The average Bonchev–Trinajstić information content (AvgIpc) is 3.00. The van der Waals surface area contributed by atoms with Gasteiger partial charge in [0.1, 0.15) is 29.5 Å². The second-order valence-corrected chi connectivity index (χ2v) is 15.5. The van der Waals surface area contributed by atoms with Crippen LogP contribution in [0.25, 0.3) is 5.57 Å². The Balaban J connectivity index is 1.54. The van der Waals surface area contributed by atoms with E-state index in [0.717, 1.165) is 117 Å². The van der Waals surface area contributed by atoms with E-state index in [1.807, 2.05) is 0 Å². The first-order valence-electron chi connectivity index (χ1n) is 15.1. The largest absolute Gasteiger partial charge is 0.455 e. The monoisotopic (exact) mass is 620 g/mol. The molecular weight excluding hydrogens is 587 g/mol. The highest BCUT2D eigenvalue weighted by Gasteiger charge is 2.37. The molecule has 0 radical (unpaired) electrons. The van der Waals surface area contributed by atoms with Crippen molar-refractivity contribution < 1.29 is 26.1 Å². The van der Waals surface area contributed by atoms with Crippen LogP contribution < -0.4 is 29.5 Å². The summed E-state index contributed by atoms with van der Waals surface area (Å²) in [5, 5.41) is 2.05. The zero-order chi connectivity index (χ0) is 29.7. The number of rotatable bonds is 4. The van der Waals surface area contributed by atoms with Crippen LogP contribution in [-0.4, -0.2) is 54.6 Å². The molecule has 5 heterocycles. The van der Waals surface area contributed by atoms with Crippen LogP contribution in [-0.2, 0) is 45.8 Å². The van der Waals surface area contributed by atoms with Gasteiger partial charge in [0.25, 0.3) is 10.1 Å². The zero-order valence-electron chi connectivity index (χ0n) is 24.1. The molecule has 5 aliphatic rings. The first-order valence-corrected chi connectivity index (χ1v) is 18.1. The summed E-state index contributed by atoms with van der Waals surface area (Å²) in [4.78, 5) is 1.79. The average molecular weight is 621 g/mol. The van der Waals surface area contributed by atoms with Gasteiger partial charge in [-0.2, -0.15) is 8.42 Å². The molecule has 43 heavy (non-hydrogen) atoms. The van der Waals surface area contributed by atoms with E-state index in [4.69, 9.17) is 4.74 Å². The molecule has 0 fully saturated rings. The first-order chi connectivity index (χ1) is 20.7. The van der Waals surface area contributed by atoms with Gasteiger partial charge in [-0.1, -0.05) is 6.07 Å². The predicted octanol–water partition coefficient (Wildman–Crippen LogP) is 2.28. The van der Waals surface area contributed by atoms with Crippen LogP contribution in [0, 0.1) is 0 Å². The molecule has 0 aliphatic carbocycles. The number of hydrogen-bond donors (Lipinski definition) is 2. The lowest BCUT2D eigenvalue weighted by molar-refractivity contribution is 0.431. The molecular formula is C32H34N3O6S2+. The van der Waals surface area contributed by atoms with Gasteiger partial charge < -0.3 is 9.64 Å². The molecule has 0 saturated heterocycles. The van der Waals surface area contributed by atoms with E-state index in [2.05, 4.69) is 26.3 Å². The fourth-order valence-electron chi connectivity index (χ4n) is 8.01. The zero-order valence-corrected chi connectivity index (χ0v) is 25.7. The van der Waals surface area contributed by atoms with Gasteiger partial charge in [-0.15, -0.1) is 0 Å². The Hall–Kier alpha value is -3.25. The van der Waals surface area contributed by atoms with Gasteiger partial charge in [0.15, 0.2) is 0 Å². The van der Waals surface area contributed by atoms with Gasteiger partial charge in [0, 0.05) is 64.7 Å². The number of aryl methyl sites for hydroxylation is 2. The smallest absolute Gasteiger partial charge is 0.295 e. The Morgan fingerprint density at radius 1 is 0.837 bits per heavy atom. The lowest BCUT2D eigenvalue weighted by Crippen LogP contribution is -2.45. The number of nitrogens with zero attached hydrogens (tertiary/aromatic N) is 2. The molecule has 0 atom stereocenters. The fourth-order valence-corrected chi connectivity index (χ4v) is 9.57. The maximum Gasteiger partial charge on any atom is 0.295 e. The third-order valence-electron chi connectivity index (χ3n) is 9.77. The quantitative estimate of drug-likeness (QED) is 0.266. The maximum absolute atomic E-state index is 13.0. The topological polar surface area (TPSA) is 116 Å². The molecule has 3 aromatic rings. The van der Waals surface area contributed by atoms with Crippen LogP contribution in [0.15, 0.2) is 40.1 Å². The number of fused-ring (bicyclic) bond motifs is 4. The van der Waals surface area contributed by atoms with Gasteiger partial charge >= 0.3 is 0 Å². The van der Waals surface area contributed by atoms with Crippen LogP contribution in [0.2, 0.25) is 0 Å². The van der Waals surface area contributed by atoms with E-state index in [1.54, 1.807) is 0 Å². The van der Waals surface area contributed by atoms with E-state index < -0.39 is 25.0 Å². The normalized spacial score (nSPS) is 18.8. The van der Waals surface area contributed by atoms with Gasteiger partial charge in [0.05, 0.1) is 10.5 Å². The number of sulfonamides is 1. The minimum absolute atomic E-state index is 0.230. The number of ether oxygens (including phenoxy) is 1. The minimum Gasteiger partial charge on any atom is -0.455 e. The van der Waals surface area contributed by atoms with Crippen molar-refractivity contribution in [1.82, 2.24) is 9.30 Å². The molecule has 0 saturated carbocycles. The van der Waals surface area contributed by atoms with Crippen LogP contribution in [0.5, 0.6) is 11.5 Å². The van der Waals surface area contributed by atoms with Crippen molar-refractivity contribution in [3.63, 3.8) is 0 Å². The molecule has 3 aromatic carbocycles. The third-order valence-corrected chi connectivity index (χ3v) is 12.1. The first kappa shape index (κ1) is 27.3. The molecule has 0 spiro atoms. The summed E-state index contributed by atoms with van der Waals surface area (Å²) in [6, 6.07) is 8.29. The molecule has 11 heteroatoms. The van der Waals surface area contributed by atoms with Crippen molar-refractivity contribution in [2.75, 3.05) is 38.1 Å². The third kappa shape index (κ3) is 4.12. The van der Waals surface area contributed by atoms with Crippen molar-refractivity contribution >= 4 is 31.4 Å². The second-order valence-electron chi connectivity index (χ2n) is 12.2. The second kappa shape index (κ2) is 9.62. The number of nitrogens with one attached hydrogen (secondary N) is 1. The summed E-state index contributed by atoms with van der Waals surface area (Å²) in [6.45, 7) is 4.03. The maximum atomic E-state index is 13.0.